The molecule has 0 aliphatic carbocycles. The summed E-state index contributed by atoms with van der Waals surface area (Å²) in [5.41, 5.74) is 2.56. The first-order valence-corrected chi connectivity index (χ1v) is 7.17. The van der Waals surface area contributed by atoms with Crippen molar-refractivity contribution in [1.82, 2.24) is 9.99 Å². The Bertz CT molecular complexity index is 722. The summed E-state index contributed by atoms with van der Waals surface area (Å²) in [6, 6.07) is 9.74. The Balaban J connectivity index is 2.33. The summed E-state index contributed by atoms with van der Waals surface area (Å²) < 4.78 is 28.2. The molecule has 0 radical (unpaired) electrons. The fraction of sp³-hybridized carbons (Fsp3) is 0.0833. The lowest BCUT2D eigenvalue weighted by Gasteiger charge is -2.05. The van der Waals surface area contributed by atoms with Gasteiger partial charge in [-0.05, 0) is 18.2 Å². The van der Waals surface area contributed by atoms with Crippen LogP contribution in [0.2, 0.25) is 0 Å². The molecule has 8 heteroatoms. The van der Waals surface area contributed by atoms with Gasteiger partial charge in [-0.25, -0.2) is 14.3 Å². The Kier molecular flexibility index (Phi) is 3.77. The summed E-state index contributed by atoms with van der Waals surface area (Å²) in [6.45, 7) is 0. The van der Waals surface area contributed by atoms with E-state index in [-0.39, 0.29) is 10.6 Å². The quantitative estimate of drug-likeness (QED) is 0.432. The summed E-state index contributed by atoms with van der Waals surface area (Å²) in [5, 5.41) is 0. The lowest BCUT2D eigenvalue weighted by atomic mass is 10.3. The Morgan fingerprint density at radius 2 is 1.90 bits per heavy atom. The second kappa shape index (κ2) is 5.35. The van der Waals surface area contributed by atoms with Crippen LogP contribution >= 0.6 is 0 Å². The number of anilines is 1. The molecule has 0 spiro atoms. The van der Waals surface area contributed by atoms with Gasteiger partial charge in [0.1, 0.15) is 10.6 Å². The van der Waals surface area contributed by atoms with E-state index in [0.717, 1.165) is 0 Å². The first-order valence-electron chi connectivity index (χ1n) is 5.69. The highest BCUT2D eigenvalue weighted by Gasteiger charge is 2.20. The highest BCUT2D eigenvalue weighted by Crippen LogP contribution is 2.17. The number of aromatic nitrogens is 1. The molecule has 1 aromatic heterocycles. The normalized spacial score (nSPS) is 11.1. The summed E-state index contributed by atoms with van der Waals surface area (Å²) in [6.07, 6.45) is 1.34. The summed E-state index contributed by atoms with van der Waals surface area (Å²) in [5.74, 6) is 4.48. The van der Waals surface area contributed by atoms with Crippen molar-refractivity contribution < 1.29 is 13.2 Å². The van der Waals surface area contributed by atoms with Crippen LogP contribution in [0.4, 0.5) is 5.69 Å². The topological polar surface area (TPSA) is 106 Å². The number of aryl methyl sites for hydroxylation is 1. The minimum absolute atomic E-state index is 0.0116. The molecule has 0 bridgehead atoms. The number of nitrogens with zero attached hydrogens (tertiary/aromatic N) is 1. The molecule has 4 N–H and O–H groups in total. The van der Waals surface area contributed by atoms with E-state index >= 15 is 0 Å². The van der Waals surface area contributed by atoms with Crippen molar-refractivity contribution in [3.8, 4) is 0 Å². The van der Waals surface area contributed by atoms with E-state index in [4.69, 9.17) is 5.84 Å². The van der Waals surface area contributed by atoms with Crippen LogP contribution in [0.5, 0.6) is 0 Å². The Morgan fingerprint density at radius 1 is 1.25 bits per heavy atom. The smallest absolute Gasteiger partial charge is 0.281 e. The standard InChI is InChI=1S/C12H14N4O3S/c1-16-8-10(7-11(16)12(17)14-13)20(18,19)15-9-5-3-2-4-6-9/h2-8,15H,13H2,1H3,(H,14,17). The Labute approximate surface area is 116 Å². The van der Waals surface area contributed by atoms with Crippen molar-refractivity contribution in [3.05, 3.63) is 48.3 Å². The maximum atomic E-state index is 12.2. The number of nitrogen functional groups attached to an aromatic ring is 1. The highest BCUT2D eigenvalue weighted by molar-refractivity contribution is 7.92. The molecule has 0 aliphatic rings. The minimum atomic E-state index is -3.75. The van der Waals surface area contributed by atoms with Gasteiger partial charge in [-0.15, -0.1) is 0 Å². The number of carbonyl (C=O) groups excluding carboxylic acids is 1. The first kappa shape index (κ1) is 14.1. The van der Waals surface area contributed by atoms with E-state index in [9.17, 15) is 13.2 Å². The van der Waals surface area contributed by atoms with Gasteiger partial charge in [-0.3, -0.25) is 14.9 Å². The van der Waals surface area contributed by atoms with E-state index < -0.39 is 15.9 Å². The number of amides is 1. The third-order valence-corrected chi connectivity index (χ3v) is 4.03. The highest BCUT2D eigenvalue weighted by atomic mass is 32.2. The maximum absolute atomic E-state index is 12.2. The van der Waals surface area contributed by atoms with Gasteiger partial charge in [0.2, 0.25) is 0 Å². The number of benzene rings is 1. The van der Waals surface area contributed by atoms with E-state index in [2.05, 4.69) is 4.72 Å². The molecule has 1 aromatic carbocycles. The number of sulfonamides is 1. The molecule has 0 atom stereocenters. The van der Waals surface area contributed by atoms with Crippen molar-refractivity contribution in [2.45, 2.75) is 4.90 Å². The molecule has 0 aliphatic heterocycles. The van der Waals surface area contributed by atoms with Gasteiger partial charge in [-0.1, -0.05) is 18.2 Å². The number of hydrogen-bond donors (Lipinski definition) is 3. The van der Waals surface area contributed by atoms with Gasteiger partial charge >= 0.3 is 0 Å². The SMILES string of the molecule is Cn1cc(S(=O)(=O)Nc2ccccc2)cc1C(=O)NN. The van der Waals surface area contributed by atoms with Crippen LogP contribution in [-0.4, -0.2) is 18.9 Å². The molecule has 0 unspecified atom stereocenters. The van der Waals surface area contributed by atoms with Crippen LogP contribution < -0.4 is 16.0 Å². The molecule has 1 heterocycles. The van der Waals surface area contributed by atoms with Gasteiger partial charge in [-0.2, -0.15) is 0 Å². The lowest BCUT2D eigenvalue weighted by Crippen LogP contribution is -2.31. The molecule has 1 amide bonds. The first-order chi connectivity index (χ1) is 9.44. The molecule has 0 saturated heterocycles. The number of nitrogens with one attached hydrogen (secondary N) is 2. The molecular weight excluding hydrogens is 280 g/mol. The van der Waals surface area contributed by atoms with E-state index in [1.807, 2.05) is 5.43 Å². The zero-order chi connectivity index (χ0) is 14.8. The third-order valence-electron chi connectivity index (χ3n) is 2.68. The van der Waals surface area contributed by atoms with E-state index in [1.54, 1.807) is 37.4 Å². The Morgan fingerprint density at radius 3 is 2.50 bits per heavy atom. The number of hydrogen-bond acceptors (Lipinski definition) is 4. The molecule has 2 rings (SSSR count). The van der Waals surface area contributed by atoms with Gasteiger partial charge in [0.25, 0.3) is 15.9 Å². The number of nitrogens with two attached hydrogens (primary N) is 1. The average molecular weight is 294 g/mol. The van der Waals surface area contributed by atoms with E-state index in [1.165, 1.54) is 16.8 Å². The third kappa shape index (κ3) is 2.81. The Hall–Kier alpha value is -2.32. The van der Waals surface area contributed by atoms with Crippen molar-refractivity contribution >= 4 is 21.6 Å². The van der Waals surface area contributed by atoms with Crippen molar-refractivity contribution in [3.63, 3.8) is 0 Å². The molecule has 7 nitrogen and oxygen atoms in total. The van der Waals surface area contributed by atoms with Crippen molar-refractivity contribution in [2.75, 3.05) is 4.72 Å². The van der Waals surface area contributed by atoms with Crippen LogP contribution in [-0.2, 0) is 17.1 Å². The molecule has 2 aromatic rings. The lowest BCUT2D eigenvalue weighted by molar-refractivity contribution is 0.0945. The van der Waals surface area contributed by atoms with Gasteiger partial charge in [0, 0.05) is 18.9 Å². The predicted molar refractivity (Wildman–Crippen MR) is 74.3 cm³/mol. The molecule has 106 valence electrons. The summed E-state index contributed by atoms with van der Waals surface area (Å²) >= 11 is 0. The van der Waals surface area contributed by atoms with Gasteiger partial charge < -0.3 is 4.57 Å². The van der Waals surface area contributed by atoms with E-state index in [0.29, 0.717) is 5.69 Å². The average Bonchev–Trinajstić information content (AvgIpc) is 2.81. The molecule has 20 heavy (non-hydrogen) atoms. The monoisotopic (exact) mass is 294 g/mol. The van der Waals surface area contributed by atoms with Crippen molar-refractivity contribution in [2.24, 2.45) is 12.9 Å². The van der Waals surface area contributed by atoms with Crippen LogP contribution in [0.1, 0.15) is 10.5 Å². The number of hydrazine groups is 1. The predicted octanol–water partition coefficient (Wildman–Crippen LogP) is 0.429. The second-order valence-electron chi connectivity index (χ2n) is 4.12. The van der Waals surface area contributed by atoms with Crippen molar-refractivity contribution in [1.29, 1.82) is 0 Å². The maximum Gasteiger partial charge on any atom is 0.281 e. The number of para-hydroxylation sites is 1. The summed E-state index contributed by atoms with van der Waals surface area (Å²) in [4.78, 5) is 11.4. The second-order valence-corrected chi connectivity index (χ2v) is 5.80. The zero-order valence-electron chi connectivity index (χ0n) is 10.7. The minimum Gasteiger partial charge on any atom is -0.345 e. The number of rotatable bonds is 4. The number of carbonyl (C=O) groups is 1. The van der Waals surface area contributed by atoms with Crippen LogP contribution in [0.3, 0.4) is 0 Å². The van der Waals surface area contributed by atoms with Crippen LogP contribution in [0.15, 0.2) is 47.5 Å². The van der Waals surface area contributed by atoms with Gasteiger partial charge in [0.05, 0.1) is 0 Å². The molecular formula is C12H14N4O3S. The van der Waals surface area contributed by atoms with Crippen LogP contribution in [0.25, 0.3) is 0 Å². The molecule has 0 fully saturated rings. The van der Waals surface area contributed by atoms with Gasteiger partial charge in [0.15, 0.2) is 0 Å². The summed E-state index contributed by atoms with van der Waals surface area (Å²) in [7, 11) is -2.19. The van der Waals surface area contributed by atoms with Crippen LogP contribution in [0, 0.1) is 0 Å². The fourth-order valence-electron chi connectivity index (χ4n) is 1.70. The molecule has 0 saturated carbocycles. The zero-order valence-corrected chi connectivity index (χ0v) is 11.5. The largest absolute Gasteiger partial charge is 0.345 e. The fourth-order valence-corrected chi connectivity index (χ4v) is 2.83.